The SMILES string of the molecule is CCC1(CC)c2cc(C=Cc3ccc4c(c3)C(C)(C)c3cc(N(c5cc(C)cc(C)c5)c5cc(C)cc(C)c5)ccc3-4)ccc2-c2ccc(C=Cc3ccc4c(c3)C(C)(C)c3cc(N(c5cc(C)cc(C)c5)c5cc(C)cc(C)c5)ccc3-4)cc21. The van der Waals surface area contributed by atoms with Gasteiger partial charge in [0.05, 0.1) is 0 Å². The smallest absolute Gasteiger partial charge is 0.0466 e. The van der Waals surface area contributed by atoms with Gasteiger partial charge in [-0.1, -0.05) is 175 Å². The minimum atomic E-state index is -0.181. The third-order valence-corrected chi connectivity index (χ3v) is 19.3. The Kier molecular flexibility index (Phi) is 13.6. The first-order valence-electron chi connectivity index (χ1n) is 30.9. The highest BCUT2D eigenvalue weighted by molar-refractivity contribution is 5.91. The molecule has 3 aliphatic carbocycles. The van der Waals surface area contributed by atoms with Crippen LogP contribution in [0.3, 0.4) is 0 Å². The number of nitrogens with zero attached hydrogens (tertiary/aromatic N) is 2. The van der Waals surface area contributed by atoms with Crippen LogP contribution >= 0.6 is 0 Å². The number of hydrogen-bond donors (Lipinski definition) is 0. The summed E-state index contributed by atoms with van der Waals surface area (Å²) < 4.78 is 0. The summed E-state index contributed by atoms with van der Waals surface area (Å²) in [7, 11) is 0. The fourth-order valence-corrected chi connectivity index (χ4v) is 15.3. The third kappa shape index (κ3) is 9.59. The first-order chi connectivity index (χ1) is 40.7. The van der Waals surface area contributed by atoms with Crippen molar-refractivity contribution in [2.75, 3.05) is 9.80 Å². The Morgan fingerprint density at radius 3 is 0.741 bits per heavy atom. The molecule has 0 amide bonds. The summed E-state index contributed by atoms with van der Waals surface area (Å²) in [6, 6.07) is 70.4. The molecule has 0 atom stereocenters. The Labute approximate surface area is 506 Å². The largest absolute Gasteiger partial charge is 0.310 e. The van der Waals surface area contributed by atoms with Crippen molar-refractivity contribution in [1.82, 2.24) is 0 Å². The van der Waals surface area contributed by atoms with E-state index in [0.717, 1.165) is 12.8 Å². The van der Waals surface area contributed by atoms with Crippen molar-refractivity contribution in [2.24, 2.45) is 0 Å². The molecule has 0 saturated carbocycles. The van der Waals surface area contributed by atoms with Crippen molar-refractivity contribution in [1.29, 1.82) is 0 Å². The molecule has 3 aliphatic rings. The molecular weight excluding hydrogens is 1020 g/mol. The van der Waals surface area contributed by atoms with E-state index in [-0.39, 0.29) is 16.2 Å². The normalized spacial score (nSPS) is 14.5. The molecule has 0 heterocycles. The topological polar surface area (TPSA) is 6.48 Å². The lowest BCUT2D eigenvalue weighted by atomic mass is 9.73. The van der Waals surface area contributed by atoms with Gasteiger partial charge in [0.15, 0.2) is 0 Å². The van der Waals surface area contributed by atoms with Gasteiger partial charge in [-0.3, -0.25) is 0 Å². The summed E-state index contributed by atoms with van der Waals surface area (Å²) in [5.41, 5.74) is 38.2. The van der Waals surface area contributed by atoms with Crippen LogP contribution < -0.4 is 9.80 Å². The van der Waals surface area contributed by atoms with Crippen LogP contribution in [0.4, 0.5) is 34.1 Å². The standard InChI is InChI=1S/C83H80N2/c1-15-83(16-2)79-47-61(19-17-59-21-27-69-71-31-25-63(49-77(71)81(11,12)75(69)45-59)84(65-37-51(3)33-52(4)38-65)66-39-53(5)34-54(6)40-66)23-29-73(79)74-30-24-62(48-80(74)83)20-18-60-22-28-70-72-32-26-64(50-78(72)82(13,14)76(70)46-60)85(67-41-55(7)35-56(8)42-67)68-43-57(9)36-58(10)44-68/h17-50H,15-16H2,1-14H3. The molecule has 10 aromatic rings. The van der Waals surface area contributed by atoms with E-state index in [2.05, 4.69) is 313 Å². The zero-order valence-corrected chi connectivity index (χ0v) is 52.4. The first kappa shape index (κ1) is 55.5. The molecule has 422 valence electrons. The van der Waals surface area contributed by atoms with Crippen LogP contribution in [0, 0.1) is 55.4 Å². The first-order valence-corrected chi connectivity index (χ1v) is 30.9. The van der Waals surface area contributed by atoms with Crippen molar-refractivity contribution < 1.29 is 0 Å². The lowest BCUT2D eigenvalue weighted by Crippen LogP contribution is -2.23. The molecule has 2 nitrogen and oxygen atoms in total. The predicted molar refractivity (Wildman–Crippen MR) is 366 cm³/mol. The number of hydrogen-bond acceptors (Lipinski definition) is 2. The Bertz CT molecular complexity index is 3970. The molecule has 2 heteroatoms. The highest BCUT2D eigenvalue weighted by atomic mass is 15.1. The van der Waals surface area contributed by atoms with E-state index in [9.17, 15) is 0 Å². The molecule has 0 saturated heterocycles. The fourth-order valence-electron chi connectivity index (χ4n) is 15.3. The average Bonchev–Trinajstić information content (AvgIpc) is 1.68. The molecule has 10 aromatic carbocycles. The van der Waals surface area contributed by atoms with Gasteiger partial charge in [-0.15, -0.1) is 0 Å². The zero-order valence-electron chi connectivity index (χ0n) is 52.4. The van der Waals surface area contributed by atoms with Crippen molar-refractivity contribution in [2.45, 2.75) is 126 Å². The van der Waals surface area contributed by atoms with Crippen LogP contribution in [0.15, 0.2) is 182 Å². The molecule has 0 spiro atoms. The number of benzene rings is 10. The van der Waals surface area contributed by atoms with Crippen molar-refractivity contribution in [3.63, 3.8) is 0 Å². The van der Waals surface area contributed by atoms with E-state index >= 15 is 0 Å². The van der Waals surface area contributed by atoms with E-state index in [1.54, 1.807) is 0 Å². The van der Waals surface area contributed by atoms with Crippen molar-refractivity contribution in [3.8, 4) is 33.4 Å². The monoisotopic (exact) mass is 1100 g/mol. The van der Waals surface area contributed by atoms with Crippen molar-refractivity contribution >= 4 is 58.4 Å². The Morgan fingerprint density at radius 2 is 0.482 bits per heavy atom. The van der Waals surface area contributed by atoms with Crippen LogP contribution in [-0.2, 0) is 16.2 Å². The highest BCUT2D eigenvalue weighted by Crippen LogP contribution is 2.56. The lowest BCUT2D eigenvalue weighted by Gasteiger charge is -2.30. The number of fused-ring (bicyclic) bond motifs is 9. The maximum atomic E-state index is 2.48. The van der Waals surface area contributed by atoms with Gasteiger partial charge >= 0.3 is 0 Å². The van der Waals surface area contributed by atoms with Gasteiger partial charge < -0.3 is 9.80 Å². The average molecular weight is 1110 g/mol. The van der Waals surface area contributed by atoms with Gasteiger partial charge in [0.2, 0.25) is 0 Å². The van der Waals surface area contributed by atoms with Gasteiger partial charge in [0.25, 0.3) is 0 Å². The minimum absolute atomic E-state index is 0.0688. The molecule has 0 unspecified atom stereocenters. The Morgan fingerprint density at radius 1 is 0.259 bits per heavy atom. The third-order valence-electron chi connectivity index (χ3n) is 19.3. The Balaban J connectivity index is 0.754. The quantitative estimate of drug-likeness (QED) is 0.113. The molecule has 0 N–H and O–H groups in total. The van der Waals surface area contributed by atoms with E-state index in [0.29, 0.717) is 0 Å². The molecule has 0 aliphatic heterocycles. The van der Waals surface area contributed by atoms with Gasteiger partial charge in [0, 0.05) is 50.4 Å². The summed E-state index contributed by atoms with van der Waals surface area (Å²) >= 11 is 0. The second kappa shape index (κ2) is 20.8. The van der Waals surface area contributed by atoms with Crippen LogP contribution in [-0.4, -0.2) is 0 Å². The molecule has 0 aromatic heterocycles. The van der Waals surface area contributed by atoms with E-state index in [1.807, 2.05) is 0 Å². The van der Waals surface area contributed by atoms with Gasteiger partial charge in [-0.05, 0) is 275 Å². The molecular formula is C83H80N2. The summed E-state index contributed by atoms with van der Waals surface area (Å²) in [6.45, 7) is 31.9. The van der Waals surface area contributed by atoms with Crippen LogP contribution in [0.2, 0.25) is 0 Å². The lowest BCUT2D eigenvalue weighted by molar-refractivity contribution is 0.490. The zero-order chi connectivity index (χ0) is 59.4. The molecule has 13 rings (SSSR count). The van der Waals surface area contributed by atoms with E-state index < -0.39 is 0 Å². The van der Waals surface area contributed by atoms with Crippen molar-refractivity contribution in [3.05, 3.63) is 282 Å². The number of anilines is 6. The van der Waals surface area contributed by atoms with E-state index in [4.69, 9.17) is 0 Å². The van der Waals surface area contributed by atoms with Crippen LogP contribution in [0.1, 0.15) is 155 Å². The number of rotatable bonds is 12. The molecule has 0 fully saturated rings. The van der Waals surface area contributed by atoms with Crippen LogP contribution in [0.5, 0.6) is 0 Å². The molecule has 0 bridgehead atoms. The number of aryl methyl sites for hydroxylation is 8. The highest BCUT2D eigenvalue weighted by Gasteiger charge is 2.41. The maximum Gasteiger partial charge on any atom is 0.0466 e. The summed E-state index contributed by atoms with van der Waals surface area (Å²) in [4.78, 5) is 4.90. The van der Waals surface area contributed by atoms with Crippen LogP contribution in [0.25, 0.3) is 57.7 Å². The minimum Gasteiger partial charge on any atom is -0.310 e. The predicted octanol–water partition coefficient (Wildman–Crippen LogP) is 23.1. The molecule has 0 radical (unpaired) electrons. The fraction of sp³-hybridized carbons (Fsp3) is 0.229. The second-order valence-corrected chi connectivity index (χ2v) is 26.4. The van der Waals surface area contributed by atoms with E-state index in [1.165, 1.54) is 168 Å². The maximum absolute atomic E-state index is 2.48. The summed E-state index contributed by atoms with van der Waals surface area (Å²) in [5.74, 6) is 0. The summed E-state index contributed by atoms with van der Waals surface area (Å²) in [6.07, 6.45) is 11.4. The summed E-state index contributed by atoms with van der Waals surface area (Å²) in [5, 5.41) is 0. The van der Waals surface area contributed by atoms with Gasteiger partial charge in [-0.2, -0.15) is 0 Å². The van der Waals surface area contributed by atoms with Gasteiger partial charge in [0.1, 0.15) is 0 Å². The second-order valence-electron chi connectivity index (χ2n) is 26.4. The van der Waals surface area contributed by atoms with Gasteiger partial charge in [-0.25, -0.2) is 0 Å². The Hall–Kier alpha value is -8.72. The molecule has 85 heavy (non-hydrogen) atoms.